The van der Waals surface area contributed by atoms with E-state index in [2.05, 4.69) is 28.4 Å². The van der Waals surface area contributed by atoms with Crippen LogP contribution in [0, 0.1) is 0 Å². The second kappa shape index (κ2) is 5.45. The smallest absolute Gasteiger partial charge is 0.189 e. The topological polar surface area (TPSA) is 36.1 Å². The number of anilines is 1. The van der Waals surface area contributed by atoms with Gasteiger partial charge in [0, 0.05) is 5.69 Å². The molecule has 5 heteroatoms. The molecule has 0 saturated heterocycles. The molecule has 0 amide bonds. The van der Waals surface area contributed by atoms with E-state index >= 15 is 0 Å². The molecule has 0 atom stereocenters. The van der Waals surface area contributed by atoms with Crippen LogP contribution in [0.2, 0.25) is 0 Å². The van der Waals surface area contributed by atoms with Crippen molar-refractivity contribution in [3.05, 3.63) is 30.3 Å². The molecular formula is C8H9N3S2. The number of hydrazine groups is 1. The standard InChI is InChI=1S/C8H9N3S2/c12-6-9-11-8(13)10-7-4-2-1-3-5-7/h1-6H,(H,9,12)(H2,10,11,13). The van der Waals surface area contributed by atoms with Gasteiger partial charge in [0.15, 0.2) is 5.11 Å². The average Bonchev–Trinajstić information content (AvgIpc) is 2.16. The van der Waals surface area contributed by atoms with Crippen molar-refractivity contribution in [2.75, 3.05) is 5.32 Å². The predicted molar refractivity (Wildman–Crippen MR) is 62.6 cm³/mol. The largest absolute Gasteiger partial charge is 0.331 e. The maximum atomic E-state index is 4.95. The summed E-state index contributed by atoms with van der Waals surface area (Å²) in [5.41, 5.74) is 7.58. The number of benzene rings is 1. The molecular weight excluding hydrogens is 202 g/mol. The van der Waals surface area contributed by atoms with Gasteiger partial charge in [0.25, 0.3) is 0 Å². The van der Waals surface area contributed by atoms with E-state index in [9.17, 15) is 0 Å². The third-order valence-corrected chi connectivity index (χ3v) is 1.60. The van der Waals surface area contributed by atoms with E-state index < -0.39 is 0 Å². The Bertz CT molecular complexity index is 287. The summed E-state index contributed by atoms with van der Waals surface area (Å²) in [5.74, 6) is 0. The number of para-hydroxylation sites is 1. The van der Waals surface area contributed by atoms with E-state index in [1.807, 2.05) is 30.3 Å². The zero-order chi connectivity index (χ0) is 9.52. The van der Waals surface area contributed by atoms with Gasteiger partial charge in [-0.15, -0.1) is 0 Å². The fraction of sp³-hybridized carbons (Fsp3) is 0. The summed E-state index contributed by atoms with van der Waals surface area (Å²) in [7, 11) is 0. The SMILES string of the molecule is S=CNNC(=S)Nc1ccccc1. The van der Waals surface area contributed by atoms with Crippen LogP contribution in [-0.2, 0) is 0 Å². The van der Waals surface area contributed by atoms with Crippen molar-refractivity contribution in [3.63, 3.8) is 0 Å². The number of nitrogens with one attached hydrogen (secondary N) is 3. The second-order valence-electron chi connectivity index (χ2n) is 2.21. The summed E-state index contributed by atoms with van der Waals surface area (Å²) in [6.07, 6.45) is 0. The Kier molecular flexibility index (Phi) is 4.14. The van der Waals surface area contributed by atoms with E-state index in [1.54, 1.807) is 0 Å². The molecule has 3 nitrogen and oxygen atoms in total. The lowest BCUT2D eigenvalue weighted by Gasteiger charge is -2.08. The van der Waals surface area contributed by atoms with Crippen LogP contribution in [0.1, 0.15) is 0 Å². The van der Waals surface area contributed by atoms with Crippen molar-refractivity contribution < 1.29 is 0 Å². The molecule has 0 unspecified atom stereocenters. The lowest BCUT2D eigenvalue weighted by atomic mass is 10.3. The Hall–Kier alpha value is -1.20. The summed E-state index contributed by atoms with van der Waals surface area (Å²) in [4.78, 5) is 0. The lowest BCUT2D eigenvalue weighted by Crippen LogP contribution is -2.38. The van der Waals surface area contributed by atoms with Crippen LogP contribution in [0.4, 0.5) is 5.69 Å². The maximum Gasteiger partial charge on any atom is 0.189 e. The molecule has 3 N–H and O–H groups in total. The van der Waals surface area contributed by atoms with E-state index in [4.69, 9.17) is 12.2 Å². The lowest BCUT2D eigenvalue weighted by molar-refractivity contribution is 0.904. The third-order valence-electron chi connectivity index (χ3n) is 1.28. The van der Waals surface area contributed by atoms with Crippen molar-refractivity contribution in [2.24, 2.45) is 0 Å². The summed E-state index contributed by atoms with van der Waals surface area (Å²) in [6.45, 7) is 0. The van der Waals surface area contributed by atoms with Crippen molar-refractivity contribution >= 4 is 40.7 Å². The van der Waals surface area contributed by atoms with Gasteiger partial charge >= 0.3 is 0 Å². The molecule has 1 aromatic carbocycles. The number of thiocarbonyl (C=S) groups is 2. The Morgan fingerprint density at radius 1 is 1.23 bits per heavy atom. The van der Waals surface area contributed by atoms with Crippen LogP contribution in [-0.4, -0.2) is 10.6 Å². The Balaban J connectivity index is 2.41. The predicted octanol–water partition coefficient (Wildman–Crippen LogP) is 1.43. The van der Waals surface area contributed by atoms with Crippen LogP contribution in [0.25, 0.3) is 0 Å². The highest BCUT2D eigenvalue weighted by Gasteiger charge is 1.92. The molecule has 0 aliphatic carbocycles. The van der Waals surface area contributed by atoms with Crippen LogP contribution in [0.3, 0.4) is 0 Å². The second-order valence-corrected chi connectivity index (χ2v) is 2.85. The number of hydrogen-bond acceptors (Lipinski definition) is 2. The van der Waals surface area contributed by atoms with Gasteiger partial charge in [0.2, 0.25) is 0 Å². The molecule has 0 saturated carbocycles. The molecule has 0 aromatic heterocycles. The van der Waals surface area contributed by atoms with Crippen molar-refractivity contribution in [1.82, 2.24) is 10.9 Å². The fourth-order valence-electron chi connectivity index (χ4n) is 0.779. The van der Waals surface area contributed by atoms with Crippen LogP contribution < -0.4 is 16.2 Å². The first-order valence-corrected chi connectivity index (χ1v) is 4.52. The van der Waals surface area contributed by atoms with Gasteiger partial charge in [0.1, 0.15) is 0 Å². The first-order valence-electron chi connectivity index (χ1n) is 3.64. The Morgan fingerprint density at radius 3 is 2.54 bits per heavy atom. The molecule has 68 valence electrons. The zero-order valence-electron chi connectivity index (χ0n) is 6.78. The average molecular weight is 211 g/mol. The molecule has 0 heterocycles. The molecule has 0 aliphatic heterocycles. The molecule has 1 rings (SSSR count). The highest BCUT2D eigenvalue weighted by Crippen LogP contribution is 2.03. The summed E-state index contributed by atoms with van der Waals surface area (Å²) in [5, 5.41) is 3.45. The molecule has 13 heavy (non-hydrogen) atoms. The number of rotatable bonds is 3. The van der Waals surface area contributed by atoms with Gasteiger partial charge in [-0.1, -0.05) is 30.4 Å². The molecule has 0 bridgehead atoms. The molecule has 1 aromatic rings. The highest BCUT2D eigenvalue weighted by molar-refractivity contribution is 7.80. The zero-order valence-corrected chi connectivity index (χ0v) is 8.41. The molecule has 0 spiro atoms. The minimum Gasteiger partial charge on any atom is -0.331 e. The molecule has 0 fully saturated rings. The quantitative estimate of drug-likeness (QED) is 0.521. The monoisotopic (exact) mass is 211 g/mol. The first kappa shape index (κ1) is 9.88. The van der Waals surface area contributed by atoms with E-state index in [1.165, 1.54) is 5.49 Å². The van der Waals surface area contributed by atoms with Crippen LogP contribution in [0.15, 0.2) is 30.3 Å². The Labute approximate surface area is 87.5 Å². The first-order chi connectivity index (χ1) is 6.33. The normalized spacial score (nSPS) is 8.62. The van der Waals surface area contributed by atoms with Gasteiger partial charge in [0.05, 0.1) is 5.49 Å². The maximum absolute atomic E-state index is 4.95. The number of hydrogen-bond donors (Lipinski definition) is 3. The molecule has 0 radical (unpaired) electrons. The van der Waals surface area contributed by atoms with E-state index in [0.717, 1.165) is 5.69 Å². The fourth-order valence-corrected chi connectivity index (χ4v) is 1.01. The minimum atomic E-state index is 0.479. The summed E-state index contributed by atoms with van der Waals surface area (Å²) < 4.78 is 0. The molecule has 0 aliphatic rings. The third kappa shape index (κ3) is 3.82. The summed E-state index contributed by atoms with van der Waals surface area (Å²) in [6, 6.07) is 9.64. The Morgan fingerprint density at radius 2 is 1.92 bits per heavy atom. The van der Waals surface area contributed by atoms with Gasteiger partial charge in [-0.05, 0) is 24.4 Å². The minimum absolute atomic E-state index is 0.479. The van der Waals surface area contributed by atoms with Crippen LogP contribution in [0.5, 0.6) is 0 Å². The highest BCUT2D eigenvalue weighted by atomic mass is 32.1. The van der Waals surface area contributed by atoms with Crippen LogP contribution >= 0.6 is 24.4 Å². The van der Waals surface area contributed by atoms with Gasteiger partial charge in [-0.25, -0.2) is 0 Å². The van der Waals surface area contributed by atoms with Gasteiger partial charge < -0.3 is 5.32 Å². The summed E-state index contributed by atoms with van der Waals surface area (Å²) >= 11 is 9.50. The van der Waals surface area contributed by atoms with Gasteiger partial charge in [-0.2, -0.15) is 0 Å². The van der Waals surface area contributed by atoms with Crippen molar-refractivity contribution in [1.29, 1.82) is 0 Å². The van der Waals surface area contributed by atoms with E-state index in [-0.39, 0.29) is 0 Å². The van der Waals surface area contributed by atoms with E-state index in [0.29, 0.717) is 5.11 Å². The van der Waals surface area contributed by atoms with Crippen molar-refractivity contribution in [2.45, 2.75) is 0 Å². The van der Waals surface area contributed by atoms with Crippen molar-refractivity contribution in [3.8, 4) is 0 Å². The van der Waals surface area contributed by atoms with Gasteiger partial charge in [-0.3, -0.25) is 10.9 Å².